The molecular formula is C12H14ClNO4. The van der Waals surface area contributed by atoms with Crippen LogP contribution in [0.2, 0.25) is 5.02 Å². The normalized spacial score (nSPS) is 11.9. The number of amides is 1. The van der Waals surface area contributed by atoms with Gasteiger partial charge in [-0.2, -0.15) is 0 Å². The van der Waals surface area contributed by atoms with Crippen molar-refractivity contribution in [2.75, 3.05) is 6.61 Å². The van der Waals surface area contributed by atoms with Crippen molar-refractivity contribution in [3.05, 3.63) is 34.9 Å². The third-order valence-corrected chi connectivity index (χ3v) is 2.47. The van der Waals surface area contributed by atoms with Crippen LogP contribution in [0.25, 0.3) is 0 Å². The molecule has 0 aliphatic heterocycles. The van der Waals surface area contributed by atoms with Gasteiger partial charge in [-0.15, -0.1) is 0 Å². The molecule has 0 bridgehead atoms. The minimum atomic E-state index is -1.10. The van der Waals surface area contributed by atoms with Crippen molar-refractivity contribution in [1.29, 1.82) is 0 Å². The molecule has 0 unspecified atom stereocenters. The number of halogens is 1. The molecule has 1 amide bonds. The highest BCUT2D eigenvalue weighted by Crippen LogP contribution is 2.08. The lowest BCUT2D eigenvalue weighted by Gasteiger charge is -2.09. The monoisotopic (exact) mass is 271 g/mol. The average molecular weight is 272 g/mol. The molecule has 0 saturated heterocycles. The fraction of sp³-hybridized carbons (Fsp3) is 0.333. The van der Waals surface area contributed by atoms with E-state index >= 15 is 0 Å². The quantitative estimate of drug-likeness (QED) is 0.821. The summed E-state index contributed by atoms with van der Waals surface area (Å²) >= 11 is 5.73. The number of aliphatic carboxylic acids is 1. The van der Waals surface area contributed by atoms with Gasteiger partial charge in [0.1, 0.15) is 6.61 Å². The van der Waals surface area contributed by atoms with Crippen molar-refractivity contribution < 1.29 is 19.4 Å². The van der Waals surface area contributed by atoms with E-state index in [4.69, 9.17) is 21.4 Å². The lowest BCUT2D eigenvalue weighted by molar-refractivity contribution is -0.150. The summed E-state index contributed by atoms with van der Waals surface area (Å²) in [6.45, 7) is 1.44. The second kappa shape index (κ2) is 6.98. The zero-order chi connectivity index (χ0) is 13.5. The van der Waals surface area contributed by atoms with Crippen LogP contribution in [0, 0.1) is 0 Å². The molecule has 0 aliphatic carbocycles. The van der Waals surface area contributed by atoms with Gasteiger partial charge < -0.3 is 15.2 Å². The molecule has 0 aromatic heterocycles. The summed E-state index contributed by atoms with van der Waals surface area (Å²) in [6, 6.07) is 7.05. The van der Waals surface area contributed by atoms with E-state index in [2.05, 4.69) is 5.32 Å². The van der Waals surface area contributed by atoms with Crippen LogP contribution >= 0.6 is 11.6 Å². The Kier molecular flexibility index (Phi) is 5.61. The van der Waals surface area contributed by atoms with Gasteiger partial charge >= 0.3 is 5.97 Å². The fourth-order valence-electron chi connectivity index (χ4n) is 1.13. The second-order valence-electron chi connectivity index (χ2n) is 3.69. The lowest BCUT2D eigenvalue weighted by atomic mass is 10.2. The summed E-state index contributed by atoms with van der Waals surface area (Å²) in [5, 5.41) is 11.8. The molecule has 98 valence electrons. The van der Waals surface area contributed by atoms with Crippen molar-refractivity contribution in [1.82, 2.24) is 5.32 Å². The fourth-order valence-corrected chi connectivity index (χ4v) is 1.25. The summed E-state index contributed by atoms with van der Waals surface area (Å²) in [5.74, 6) is -1.46. The standard InChI is InChI=1S/C12H14ClNO4/c1-8(12(16)17)18-7-11(15)14-6-9-2-4-10(13)5-3-9/h2-5,8H,6-7H2,1H3,(H,14,15)(H,16,17)/t8-/m0/s1. The van der Waals surface area contributed by atoms with E-state index in [1.165, 1.54) is 6.92 Å². The summed E-state index contributed by atoms with van der Waals surface area (Å²) in [6.07, 6.45) is -0.994. The molecular weight excluding hydrogens is 258 g/mol. The molecule has 1 aromatic carbocycles. The molecule has 1 aromatic rings. The molecule has 0 spiro atoms. The van der Waals surface area contributed by atoms with Gasteiger partial charge in [-0.05, 0) is 24.6 Å². The van der Waals surface area contributed by atoms with Crippen LogP contribution in [0.4, 0.5) is 0 Å². The Balaban J connectivity index is 2.29. The van der Waals surface area contributed by atoms with E-state index in [0.29, 0.717) is 11.6 Å². The smallest absolute Gasteiger partial charge is 0.332 e. The number of nitrogens with one attached hydrogen (secondary N) is 1. The predicted octanol–water partition coefficient (Wildman–Crippen LogP) is 1.45. The van der Waals surface area contributed by atoms with Gasteiger partial charge in [0, 0.05) is 11.6 Å². The largest absolute Gasteiger partial charge is 0.479 e. The molecule has 0 aliphatic rings. The Morgan fingerprint density at radius 2 is 2.00 bits per heavy atom. The summed E-state index contributed by atoms with van der Waals surface area (Å²) in [5.41, 5.74) is 0.902. The van der Waals surface area contributed by atoms with Gasteiger partial charge in [0.25, 0.3) is 0 Å². The third kappa shape index (κ3) is 5.16. The van der Waals surface area contributed by atoms with Crippen molar-refractivity contribution >= 4 is 23.5 Å². The van der Waals surface area contributed by atoms with E-state index in [-0.39, 0.29) is 12.5 Å². The van der Waals surface area contributed by atoms with Crippen LogP contribution in [-0.4, -0.2) is 29.7 Å². The Bertz CT molecular complexity index is 419. The SMILES string of the molecule is C[C@H](OCC(=O)NCc1ccc(Cl)cc1)C(=O)O. The molecule has 2 N–H and O–H groups in total. The van der Waals surface area contributed by atoms with Gasteiger partial charge in [0.2, 0.25) is 5.91 Å². The summed E-state index contributed by atoms with van der Waals surface area (Å²) in [4.78, 5) is 21.8. The van der Waals surface area contributed by atoms with Crippen molar-refractivity contribution in [2.24, 2.45) is 0 Å². The molecule has 0 radical (unpaired) electrons. The Morgan fingerprint density at radius 3 is 2.56 bits per heavy atom. The van der Waals surface area contributed by atoms with Crippen LogP contribution in [0.15, 0.2) is 24.3 Å². The van der Waals surface area contributed by atoms with E-state index < -0.39 is 12.1 Å². The van der Waals surface area contributed by atoms with Crippen LogP contribution in [0.1, 0.15) is 12.5 Å². The van der Waals surface area contributed by atoms with Crippen molar-refractivity contribution in [3.8, 4) is 0 Å². The zero-order valence-corrected chi connectivity index (χ0v) is 10.6. The number of ether oxygens (including phenoxy) is 1. The van der Waals surface area contributed by atoms with E-state index in [9.17, 15) is 9.59 Å². The number of hydrogen-bond acceptors (Lipinski definition) is 3. The number of carbonyl (C=O) groups excluding carboxylic acids is 1. The van der Waals surface area contributed by atoms with E-state index in [0.717, 1.165) is 5.56 Å². The van der Waals surface area contributed by atoms with Crippen LogP contribution < -0.4 is 5.32 Å². The second-order valence-corrected chi connectivity index (χ2v) is 4.13. The van der Waals surface area contributed by atoms with Crippen LogP contribution in [-0.2, 0) is 20.9 Å². The van der Waals surface area contributed by atoms with E-state index in [1.807, 2.05) is 0 Å². The minimum Gasteiger partial charge on any atom is -0.479 e. The first-order chi connectivity index (χ1) is 8.49. The minimum absolute atomic E-state index is 0.277. The highest BCUT2D eigenvalue weighted by Gasteiger charge is 2.12. The maximum absolute atomic E-state index is 11.4. The first kappa shape index (κ1) is 14.5. The van der Waals surface area contributed by atoms with Crippen LogP contribution in [0.5, 0.6) is 0 Å². The number of hydrogen-bond donors (Lipinski definition) is 2. The van der Waals surface area contributed by atoms with Gasteiger partial charge in [-0.25, -0.2) is 4.79 Å². The van der Waals surface area contributed by atoms with Gasteiger partial charge in [0.15, 0.2) is 6.10 Å². The summed E-state index contributed by atoms with van der Waals surface area (Å²) < 4.78 is 4.84. The summed E-state index contributed by atoms with van der Waals surface area (Å²) in [7, 11) is 0. The molecule has 5 nitrogen and oxygen atoms in total. The number of benzene rings is 1. The van der Waals surface area contributed by atoms with Crippen LogP contribution in [0.3, 0.4) is 0 Å². The molecule has 1 atom stereocenters. The predicted molar refractivity (Wildman–Crippen MR) is 66.3 cm³/mol. The van der Waals surface area contributed by atoms with Gasteiger partial charge in [0.05, 0.1) is 0 Å². The van der Waals surface area contributed by atoms with Gasteiger partial charge in [-0.1, -0.05) is 23.7 Å². The zero-order valence-electron chi connectivity index (χ0n) is 9.85. The average Bonchev–Trinajstić information content (AvgIpc) is 2.35. The molecule has 18 heavy (non-hydrogen) atoms. The molecule has 6 heteroatoms. The van der Waals surface area contributed by atoms with Crippen molar-refractivity contribution in [2.45, 2.75) is 19.6 Å². The first-order valence-electron chi connectivity index (χ1n) is 5.34. The molecule has 0 saturated carbocycles. The maximum Gasteiger partial charge on any atom is 0.332 e. The number of carboxylic acids is 1. The number of carbonyl (C=O) groups is 2. The Morgan fingerprint density at radius 1 is 1.39 bits per heavy atom. The Hall–Kier alpha value is -1.59. The first-order valence-corrected chi connectivity index (χ1v) is 5.72. The van der Waals surface area contributed by atoms with E-state index in [1.54, 1.807) is 24.3 Å². The highest BCUT2D eigenvalue weighted by molar-refractivity contribution is 6.30. The number of rotatable bonds is 6. The lowest BCUT2D eigenvalue weighted by Crippen LogP contribution is -2.31. The Labute approximate surface area is 110 Å². The molecule has 1 rings (SSSR count). The molecule has 0 fully saturated rings. The van der Waals surface area contributed by atoms with Gasteiger partial charge in [-0.3, -0.25) is 4.79 Å². The maximum atomic E-state index is 11.4. The number of carboxylic acid groups (broad SMARTS) is 1. The topological polar surface area (TPSA) is 75.6 Å². The highest BCUT2D eigenvalue weighted by atomic mass is 35.5. The van der Waals surface area contributed by atoms with Crippen molar-refractivity contribution in [3.63, 3.8) is 0 Å². The molecule has 0 heterocycles. The third-order valence-electron chi connectivity index (χ3n) is 2.22.